The van der Waals surface area contributed by atoms with Crippen molar-refractivity contribution in [2.75, 3.05) is 11.9 Å². The Kier molecular flexibility index (Phi) is 4.74. The predicted molar refractivity (Wildman–Crippen MR) is 80.0 cm³/mol. The molecule has 0 radical (unpaired) electrons. The summed E-state index contributed by atoms with van der Waals surface area (Å²) in [5.41, 5.74) is 0.967. The van der Waals surface area contributed by atoms with Gasteiger partial charge in [-0.2, -0.15) is 0 Å². The van der Waals surface area contributed by atoms with Crippen LogP contribution in [0.3, 0.4) is 0 Å². The zero-order valence-corrected chi connectivity index (χ0v) is 12.6. The minimum Gasteiger partial charge on any atom is -0.494 e. The molecule has 0 amide bonds. The Morgan fingerprint density at radius 2 is 1.95 bits per heavy atom. The van der Waals surface area contributed by atoms with E-state index in [-0.39, 0.29) is 0 Å². The number of anilines is 2. The van der Waals surface area contributed by atoms with E-state index in [1.54, 1.807) is 0 Å². The van der Waals surface area contributed by atoms with Gasteiger partial charge in [0.1, 0.15) is 22.0 Å². The molecule has 2 aromatic rings. The third kappa shape index (κ3) is 4.21. The standard InChI is InChI=1S/C14H16BrN3O/c1-3-8-19-12-6-4-11(5-7-12)18-14-9-13(15)16-10(2)17-14/h4-7,9H,3,8H2,1-2H3,(H,16,17,18). The van der Waals surface area contributed by atoms with Crippen molar-refractivity contribution in [2.24, 2.45) is 0 Å². The minimum absolute atomic E-state index is 0.722. The monoisotopic (exact) mass is 321 g/mol. The van der Waals surface area contributed by atoms with E-state index < -0.39 is 0 Å². The van der Waals surface area contributed by atoms with Gasteiger partial charge in [0.15, 0.2) is 0 Å². The van der Waals surface area contributed by atoms with E-state index in [0.29, 0.717) is 0 Å². The number of benzene rings is 1. The lowest BCUT2D eigenvalue weighted by atomic mass is 10.3. The first kappa shape index (κ1) is 13.8. The molecule has 1 N–H and O–H groups in total. The molecule has 0 saturated heterocycles. The molecule has 0 unspecified atom stereocenters. The number of ether oxygens (including phenoxy) is 1. The van der Waals surface area contributed by atoms with Crippen molar-refractivity contribution in [1.29, 1.82) is 0 Å². The smallest absolute Gasteiger partial charge is 0.135 e. The average molecular weight is 322 g/mol. The number of aryl methyl sites for hydroxylation is 1. The summed E-state index contributed by atoms with van der Waals surface area (Å²) in [5.74, 6) is 2.37. The minimum atomic E-state index is 0.722. The molecule has 0 aliphatic rings. The van der Waals surface area contributed by atoms with Crippen LogP contribution in [0.25, 0.3) is 0 Å². The van der Waals surface area contributed by atoms with Crippen molar-refractivity contribution < 1.29 is 4.74 Å². The Morgan fingerprint density at radius 3 is 2.58 bits per heavy atom. The molecular weight excluding hydrogens is 306 g/mol. The molecule has 0 fully saturated rings. The van der Waals surface area contributed by atoms with Crippen LogP contribution in [0.5, 0.6) is 5.75 Å². The lowest BCUT2D eigenvalue weighted by Gasteiger charge is -2.08. The predicted octanol–water partition coefficient (Wildman–Crippen LogP) is 4.08. The summed E-state index contributed by atoms with van der Waals surface area (Å²) in [6.45, 7) is 4.69. The lowest BCUT2D eigenvalue weighted by Crippen LogP contribution is -1.98. The van der Waals surface area contributed by atoms with Crippen LogP contribution in [0.4, 0.5) is 11.5 Å². The topological polar surface area (TPSA) is 47.0 Å². The maximum atomic E-state index is 5.54. The van der Waals surface area contributed by atoms with Crippen molar-refractivity contribution in [2.45, 2.75) is 20.3 Å². The number of rotatable bonds is 5. The van der Waals surface area contributed by atoms with Crippen molar-refractivity contribution >= 4 is 27.4 Å². The zero-order valence-electron chi connectivity index (χ0n) is 11.0. The fraction of sp³-hybridized carbons (Fsp3) is 0.286. The van der Waals surface area contributed by atoms with Gasteiger partial charge in [-0.1, -0.05) is 6.92 Å². The van der Waals surface area contributed by atoms with Gasteiger partial charge in [0, 0.05) is 11.8 Å². The fourth-order valence-corrected chi connectivity index (χ4v) is 2.07. The van der Waals surface area contributed by atoms with E-state index in [9.17, 15) is 0 Å². The van der Waals surface area contributed by atoms with Crippen LogP contribution in [0.2, 0.25) is 0 Å². The summed E-state index contributed by atoms with van der Waals surface area (Å²) in [7, 11) is 0. The molecule has 0 bridgehead atoms. The van der Waals surface area contributed by atoms with Gasteiger partial charge in [0.05, 0.1) is 6.61 Å². The first-order valence-electron chi connectivity index (χ1n) is 6.18. The maximum Gasteiger partial charge on any atom is 0.135 e. The molecule has 1 aromatic heterocycles. The van der Waals surface area contributed by atoms with Gasteiger partial charge in [-0.15, -0.1) is 0 Å². The second kappa shape index (κ2) is 6.52. The maximum absolute atomic E-state index is 5.54. The quantitative estimate of drug-likeness (QED) is 0.843. The van der Waals surface area contributed by atoms with E-state index in [1.165, 1.54) is 0 Å². The Hall–Kier alpha value is -1.62. The molecule has 1 aromatic carbocycles. The van der Waals surface area contributed by atoms with Crippen LogP contribution in [0.15, 0.2) is 34.9 Å². The SMILES string of the molecule is CCCOc1ccc(Nc2cc(Br)nc(C)n2)cc1. The van der Waals surface area contributed by atoms with Crippen molar-refractivity contribution in [3.05, 3.63) is 40.8 Å². The molecule has 0 saturated carbocycles. The molecule has 0 aliphatic carbocycles. The van der Waals surface area contributed by atoms with Gasteiger partial charge in [-0.3, -0.25) is 0 Å². The molecule has 1 heterocycles. The summed E-state index contributed by atoms with van der Waals surface area (Å²) in [5, 5.41) is 3.23. The number of hydrogen-bond acceptors (Lipinski definition) is 4. The van der Waals surface area contributed by atoms with E-state index in [4.69, 9.17) is 4.74 Å². The Labute approximate surface area is 121 Å². The van der Waals surface area contributed by atoms with Gasteiger partial charge in [0.25, 0.3) is 0 Å². The van der Waals surface area contributed by atoms with Crippen LogP contribution >= 0.6 is 15.9 Å². The van der Waals surface area contributed by atoms with E-state index in [0.717, 1.165) is 40.7 Å². The number of halogens is 1. The third-order valence-corrected chi connectivity index (χ3v) is 2.81. The average Bonchev–Trinajstić information content (AvgIpc) is 2.37. The zero-order chi connectivity index (χ0) is 13.7. The number of aromatic nitrogens is 2. The Morgan fingerprint density at radius 1 is 1.21 bits per heavy atom. The Bertz CT molecular complexity index is 523. The molecule has 4 nitrogen and oxygen atoms in total. The molecule has 0 atom stereocenters. The highest BCUT2D eigenvalue weighted by molar-refractivity contribution is 9.10. The number of hydrogen-bond donors (Lipinski definition) is 1. The summed E-state index contributed by atoms with van der Waals surface area (Å²) in [6.07, 6.45) is 1.01. The molecule has 100 valence electrons. The second-order valence-electron chi connectivity index (χ2n) is 4.12. The van der Waals surface area contributed by atoms with Gasteiger partial charge >= 0.3 is 0 Å². The van der Waals surface area contributed by atoms with Gasteiger partial charge in [-0.05, 0) is 53.5 Å². The molecule has 19 heavy (non-hydrogen) atoms. The van der Waals surface area contributed by atoms with Crippen LogP contribution in [-0.4, -0.2) is 16.6 Å². The van der Waals surface area contributed by atoms with Gasteiger partial charge < -0.3 is 10.1 Å². The van der Waals surface area contributed by atoms with E-state index in [1.807, 2.05) is 37.3 Å². The van der Waals surface area contributed by atoms with Crippen molar-refractivity contribution in [3.8, 4) is 5.75 Å². The third-order valence-electron chi connectivity index (χ3n) is 2.41. The Balaban J connectivity index is 2.06. The van der Waals surface area contributed by atoms with Crippen LogP contribution in [0.1, 0.15) is 19.2 Å². The van der Waals surface area contributed by atoms with E-state index >= 15 is 0 Å². The van der Waals surface area contributed by atoms with Gasteiger partial charge in [-0.25, -0.2) is 9.97 Å². The molecule has 2 rings (SSSR count). The number of nitrogens with zero attached hydrogens (tertiary/aromatic N) is 2. The summed E-state index contributed by atoms with van der Waals surface area (Å²) in [6, 6.07) is 9.67. The second-order valence-corrected chi connectivity index (χ2v) is 4.93. The number of nitrogens with one attached hydrogen (secondary N) is 1. The highest BCUT2D eigenvalue weighted by atomic mass is 79.9. The summed E-state index contributed by atoms with van der Waals surface area (Å²) < 4.78 is 6.31. The molecule has 5 heteroatoms. The lowest BCUT2D eigenvalue weighted by molar-refractivity contribution is 0.317. The summed E-state index contributed by atoms with van der Waals surface area (Å²) in [4.78, 5) is 8.49. The van der Waals surface area contributed by atoms with Crippen LogP contribution in [0, 0.1) is 6.92 Å². The molecular formula is C14H16BrN3O. The molecule has 0 aliphatic heterocycles. The first-order chi connectivity index (χ1) is 9.17. The normalized spacial score (nSPS) is 10.3. The molecule has 0 spiro atoms. The summed E-state index contributed by atoms with van der Waals surface area (Å²) >= 11 is 3.36. The van der Waals surface area contributed by atoms with Crippen molar-refractivity contribution in [1.82, 2.24) is 9.97 Å². The highest BCUT2D eigenvalue weighted by Gasteiger charge is 2.01. The van der Waals surface area contributed by atoms with Gasteiger partial charge in [0.2, 0.25) is 0 Å². The van der Waals surface area contributed by atoms with Crippen molar-refractivity contribution in [3.63, 3.8) is 0 Å². The van der Waals surface area contributed by atoms with Crippen LogP contribution < -0.4 is 10.1 Å². The first-order valence-corrected chi connectivity index (χ1v) is 6.98. The highest BCUT2D eigenvalue weighted by Crippen LogP contribution is 2.20. The van der Waals surface area contributed by atoms with Crippen LogP contribution in [-0.2, 0) is 0 Å². The largest absolute Gasteiger partial charge is 0.494 e. The van der Waals surface area contributed by atoms with E-state index in [2.05, 4.69) is 38.1 Å². The fourth-order valence-electron chi connectivity index (χ4n) is 1.60.